The highest BCUT2D eigenvalue weighted by atomic mass is 16.1. The molecule has 1 saturated carbocycles. The number of nitrogen functional groups attached to an aromatic ring is 1. The number of carbonyl (C=O) groups is 1. The number of rotatable bonds is 5. The van der Waals surface area contributed by atoms with E-state index in [0.29, 0.717) is 23.3 Å². The average molecular weight is 247 g/mol. The first-order valence-corrected chi connectivity index (χ1v) is 6.57. The van der Waals surface area contributed by atoms with E-state index in [0.717, 1.165) is 24.9 Å². The molecule has 2 rings (SSSR count). The van der Waals surface area contributed by atoms with E-state index < -0.39 is 0 Å². The largest absolute Gasteiger partial charge is 0.397 e. The van der Waals surface area contributed by atoms with Crippen LogP contribution in [0.5, 0.6) is 0 Å². The van der Waals surface area contributed by atoms with Crippen LogP contribution in [0.2, 0.25) is 0 Å². The first kappa shape index (κ1) is 12.7. The maximum atomic E-state index is 11.8. The lowest BCUT2D eigenvalue weighted by molar-refractivity contribution is 0.0951. The van der Waals surface area contributed by atoms with Gasteiger partial charge in [-0.25, -0.2) is 0 Å². The van der Waals surface area contributed by atoms with E-state index in [1.165, 1.54) is 0 Å². The monoisotopic (exact) mass is 247 g/mol. The Labute approximate surface area is 108 Å². The maximum Gasteiger partial charge on any atom is 0.251 e. The summed E-state index contributed by atoms with van der Waals surface area (Å²) < 4.78 is 0. The van der Waals surface area contributed by atoms with Crippen molar-refractivity contribution in [2.75, 3.05) is 11.1 Å². The quantitative estimate of drug-likeness (QED) is 0.700. The molecule has 0 aliphatic heterocycles. The number of anilines is 2. The van der Waals surface area contributed by atoms with Crippen molar-refractivity contribution < 1.29 is 4.79 Å². The van der Waals surface area contributed by atoms with Gasteiger partial charge in [0.05, 0.1) is 11.4 Å². The van der Waals surface area contributed by atoms with Crippen LogP contribution < -0.4 is 16.4 Å². The Balaban J connectivity index is 2.05. The topological polar surface area (TPSA) is 67.2 Å². The summed E-state index contributed by atoms with van der Waals surface area (Å²) in [6, 6.07) is 6.18. The number of benzene rings is 1. The van der Waals surface area contributed by atoms with Crippen molar-refractivity contribution in [3.05, 3.63) is 23.8 Å². The summed E-state index contributed by atoms with van der Waals surface area (Å²) in [5.74, 6) is -0.0284. The SMILES string of the molecule is CCC(C)Nc1ccc(C(=O)NC2CC2)cc1N. The molecule has 4 heteroatoms. The second kappa shape index (κ2) is 5.29. The van der Waals surface area contributed by atoms with E-state index in [1.54, 1.807) is 6.07 Å². The summed E-state index contributed by atoms with van der Waals surface area (Å²) in [7, 11) is 0. The van der Waals surface area contributed by atoms with Gasteiger partial charge in [0.2, 0.25) is 0 Å². The Morgan fingerprint density at radius 2 is 2.22 bits per heavy atom. The Bertz CT molecular complexity index is 441. The maximum absolute atomic E-state index is 11.8. The average Bonchev–Trinajstić information content (AvgIpc) is 3.15. The lowest BCUT2D eigenvalue weighted by Gasteiger charge is -2.15. The van der Waals surface area contributed by atoms with Gasteiger partial charge in [-0.15, -0.1) is 0 Å². The number of amides is 1. The van der Waals surface area contributed by atoms with Crippen LogP contribution in [-0.4, -0.2) is 18.0 Å². The predicted molar refractivity (Wildman–Crippen MR) is 74.7 cm³/mol. The van der Waals surface area contributed by atoms with E-state index in [4.69, 9.17) is 5.73 Å². The second-order valence-corrected chi connectivity index (χ2v) is 5.00. The molecule has 1 fully saturated rings. The zero-order valence-electron chi connectivity index (χ0n) is 11.0. The molecule has 1 aromatic carbocycles. The summed E-state index contributed by atoms with van der Waals surface area (Å²) in [5, 5.41) is 6.28. The van der Waals surface area contributed by atoms with Crippen LogP contribution in [0.1, 0.15) is 43.5 Å². The number of hydrogen-bond donors (Lipinski definition) is 3. The van der Waals surface area contributed by atoms with Crippen molar-refractivity contribution in [1.82, 2.24) is 5.32 Å². The summed E-state index contributed by atoms with van der Waals surface area (Å²) in [6.07, 6.45) is 3.22. The van der Waals surface area contributed by atoms with Crippen LogP contribution >= 0.6 is 0 Å². The smallest absolute Gasteiger partial charge is 0.251 e. The zero-order valence-corrected chi connectivity index (χ0v) is 11.0. The van der Waals surface area contributed by atoms with Gasteiger partial charge < -0.3 is 16.4 Å². The van der Waals surface area contributed by atoms with Gasteiger partial charge in [0.1, 0.15) is 0 Å². The van der Waals surface area contributed by atoms with Crippen molar-refractivity contribution in [1.29, 1.82) is 0 Å². The summed E-state index contributed by atoms with van der Waals surface area (Å²) in [6.45, 7) is 4.22. The summed E-state index contributed by atoms with van der Waals surface area (Å²) in [5.41, 5.74) is 8.12. The van der Waals surface area contributed by atoms with Gasteiger partial charge in [-0.2, -0.15) is 0 Å². The van der Waals surface area contributed by atoms with Gasteiger partial charge in [-0.05, 0) is 44.4 Å². The normalized spacial score (nSPS) is 16.1. The minimum Gasteiger partial charge on any atom is -0.397 e. The van der Waals surface area contributed by atoms with E-state index in [-0.39, 0.29) is 5.91 Å². The molecule has 18 heavy (non-hydrogen) atoms. The Kier molecular flexibility index (Phi) is 3.75. The number of carbonyl (C=O) groups excluding carboxylic acids is 1. The predicted octanol–water partition coefficient (Wildman–Crippen LogP) is 2.37. The van der Waals surface area contributed by atoms with E-state index >= 15 is 0 Å². The molecule has 0 bridgehead atoms. The first-order valence-electron chi connectivity index (χ1n) is 6.57. The molecule has 1 amide bonds. The Hall–Kier alpha value is -1.71. The molecule has 4 nitrogen and oxygen atoms in total. The lowest BCUT2D eigenvalue weighted by atomic mass is 10.1. The molecule has 0 spiro atoms. The summed E-state index contributed by atoms with van der Waals surface area (Å²) in [4.78, 5) is 11.8. The molecule has 4 N–H and O–H groups in total. The molecule has 0 saturated heterocycles. The van der Waals surface area contributed by atoms with Gasteiger partial charge in [0.15, 0.2) is 0 Å². The minimum atomic E-state index is -0.0284. The molecule has 1 atom stereocenters. The zero-order chi connectivity index (χ0) is 13.1. The molecule has 1 unspecified atom stereocenters. The fourth-order valence-corrected chi connectivity index (χ4v) is 1.70. The van der Waals surface area contributed by atoms with Gasteiger partial charge in [-0.1, -0.05) is 6.92 Å². The van der Waals surface area contributed by atoms with Crippen molar-refractivity contribution in [3.8, 4) is 0 Å². The van der Waals surface area contributed by atoms with Crippen LogP contribution in [0.25, 0.3) is 0 Å². The van der Waals surface area contributed by atoms with Crippen molar-refractivity contribution in [3.63, 3.8) is 0 Å². The van der Waals surface area contributed by atoms with Gasteiger partial charge in [0.25, 0.3) is 5.91 Å². The van der Waals surface area contributed by atoms with Crippen molar-refractivity contribution >= 4 is 17.3 Å². The molecule has 1 aromatic rings. The summed E-state index contributed by atoms with van der Waals surface area (Å²) >= 11 is 0. The molecular formula is C14H21N3O. The van der Waals surface area contributed by atoms with Crippen LogP contribution in [-0.2, 0) is 0 Å². The van der Waals surface area contributed by atoms with Gasteiger partial charge >= 0.3 is 0 Å². The van der Waals surface area contributed by atoms with Crippen molar-refractivity contribution in [2.45, 2.75) is 45.2 Å². The van der Waals surface area contributed by atoms with Gasteiger partial charge in [-0.3, -0.25) is 4.79 Å². The van der Waals surface area contributed by atoms with E-state index in [9.17, 15) is 4.79 Å². The molecule has 0 radical (unpaired) electrons. The molecule has 0 aromatic heterocycles. The van der Waals surface area contributed by atoms with Crippen LogP contribution in [0.3, 0.4) is 0 Å². The third kappa shape index (κ3) is 3.15. The van der Waals surface area contributed by atoms with Crippen molar-refractivity contribution in [2.24, 2.45) is 0 Å². The molecule has 1 aliphatic carbocycles. The highest BCUT2D eigenvalue weighted by Crippen LogP contribution is 2.23. The second-order valence-electron chi connectivity index (χ2n) is 5.00. The van der Waals surface area contributed by atoms with Crippen LogP contribution in [0.15, 0.2) is 18.2 Å². The number of hydrogen-bond acceptors (Lipinski definition) is 3. The number of nitrogens with two attached hydrogens (primary N) is 1. The molecule has 0 heterocycles. The highest BCUT2D eigenvalue weighted by Gasteiger charge is 2.23. The Morgan fingerprint density at radius 1 is 1.50 bits per heavy atom. The third-order valence-electron chi connectivity index (χ3n) is 3.24. The highest BCUT2D eigenvalue weighted by molar-refractivity contribution is 5.96. The first-order chi connectivity index (χ1) is 8.60. The third-order valence-corrected chi connectivity index (χ3v) is 3.24. The standard InChI is InChI=1S/C14H21N3O/c1-3-9(2)16-13-7-4-10(8-12(13)15)14(18)17-11-5-6-11/h4,7-9,11,16H,3,5-6,15H2,1-2H3,(H,17,18). The van der Waals surface area contributed by atoms with E-state index in [2.05, 4.69) is 24.5 Å². The molecular weight excluding hydrogens is 226 g/mol. The number of nitrogens with one attached hydrogen (secondary N) is 2. The van der Waals surface area contributed by atoms with Crippen LogP contribution in [0, 0.1) is 0 Å². The fraction of sp³-hybridized carbons (Fsp3) is 0.500. The minimum absolute atomic E-state index is 0.0284. The molecule has 1 aliphatic rings. The van der Waals surface area contributed by atoms with Gasteiger partial charge in [0, 0.05) is 17.6 Å². The lowest BCUT2D eigenvalue weighted by Crippen LogP contribution is -2.25. The van der Waals surface area contributed by atoms with Crippen LogP contribution in [0.4, 0.5) is 11.4 Å². The fourth-order valence-electron chi connectivity index (χ4n) is 1.70. The Morgan fingerprint density at radius 3 is 2.78 bits per heavy atom. The van der Waals surface area contributed by atoms with E-state index in [1.807, 2.05) is 12.1 Å². The molecule has 98 valence electrons.